The predicted molar refractivity (Wildman–Crippen MR) is 139 cm³/mol. The van der Waals surface area contributed by atoms with E-state index in [9.17, 15) is 9.59 Å². The number of rotatable bonds is 14. The van der Waals surface area contributed by atoms with Gasteiger partial charge >= 0.3 is 0 Å². The maximum absolute atomic E-state index is 13.3. The fraction of sp³-hybridized carbons (Fsp3) is 0.481. The van der Waals surface area contributed by atoms with E-state index in [1.54, 1.807) is 11.8 Å². The van der Waals surface area contributed by atoms with Crippen LogP contribution < -0.4 is 14.8 Å². The van der Waals surface area contributed by atoms with Crippen molar-refractivity contribution >= 4 is 27.7 Å². The van der Waals surface area contributed by atoms with E-state index < -0.39 is 6.04 Å². The molecular formula is C27H37BrN2O4. The SMILES string of the molecule is CCCCNC(=O)[C@H](C)N(Cc1ccc(Br)cc1)C(=O)CCc1ccc(OCC)c(OCC)c1. The monoisotopic (exact) mass is 532 g/mol. The van der Waals surface area contributed by atoms with Crippen molar-refractivity contribution in [3.8, 4) is 11.5 Å². The number of carbonyl (C=O) groups is 2. The molecule has 186 valence electrons. The Morgan fingerprint density at radius 1 is 0.971 bits per heavy atom. The van der Waals surface area contributed by atoms with E-state index in [1.165, 1.54) is 0 Å². The van der Waals surface area contributed by atoms with Gasteiger partial charge in [0.1, 0.15) is 6.04 Å². The molecule has 2 rings (SSSR count). The normalized spacial score (nSPS) is 11.6. The molecule has 0 aromatic heterocycles. The number of carbonyl (C=O) groups excluding carboxylic acids is 2. The fourth-order valence-electron chi connectivity index (χ4n) is 3.55. The Labute approximate surface area is 212 Å². The molecule has 0 heterocycles. The number of aryl methyl sites for hydroxylation is 1. The van der Waals surface area contributed by atoms with E-state index in [-0.39, 0.29) is 11.8 Å². The van der Waals surface area contributed by atoms with Crippen LogP contribution in [0.25, 0.3) is 0 Å². The molecule has 0 unspecified atom stereocenters. The Balaban J connectivity index is 2.14. The first-order valence-electron chi connectivity index (χ1n) is 12.1. The third kappa shape index (κ3) is 8.67. The summed E-state index contributed by atoms with van der Waals surface area (Å²) in [6.45, 7) is 9.82. The van der Waals surface area contributed by atoms with Gasteiger partial charge in [-0.05, 0) is 69.0 Å². The van der Waals surface area contributed by atoms with Gasteiger partial charge in [-0.2, -0.15) is 0 Å². The third-order valence-electron chi connectivity index (χ3n) is 5.50. The van der Waals surface area contributed by atoms with E-state index in [1.807, 2.05) is 56.3 Å². The van der Waals surface area contributed by atoms with Crippen molar-refractivity contribution < 1.29 is 19.1 Å². The van der Waals surface area contributed by atoms with Crippen LogP contribution in [-0.4, -0.2) is 42.5 Å². The van der Waals surface area contributed by atoms with Crippen molar-refractivity contribution in [2.45, 2.75) is 66.0 Å². The summed E-state index contributed by atoms with van der Waals surface area (Å²) in [6, 6.07) is 13.0. The van der Waals surface area contributed by atoms with E-state index in [2.05, 4.69) is 28.2 Å². The highest BCUT2D eigenvalue weighted by atomic mass is 79.9. The summed E-state index contributed by atoms with van der Waals surface area (Å²) < 4.78 is 12.3. The molecule has 0 aliphatic rings. The van der Waals surface area contributed by atoms with Crippen LogP contribution in [-0.2, 0) is 22.6 Å². The quantitative estimate of drug-likeness (QED) is 0.325. The van der Waals surface area contributed by atoms with Crippen molar-refractivity contribution in [1.29, 1.82) is 0 Å². The first-order valence-corrected chi connectivity index (χ1v) is 12.9. The number of benzene rings is 2. The van der Waals surface area contributed by atoms with Crippen LogP contribution in [0.3, 0.4) is 0 Å². The Morgan fingerprint density at radius 3 is 2.26 bits per heavy atom. The van der Waals surface area contributed by atoms with Crippen LogP contribution in [0.5, 0.6) is 11.5 Å². The summed E-state index contributed by atoms with van der Waals surface area (Å²) in [5.74, 6) is 1.20. The summed E-state index contributed by atoms with van der Waals surface area (Å²) in [4.78, 5) is 27.7. The zero-order valence-electron chi connectivity index (χ0n) is 20.7. The average molecular weight is 534 g/mol. The summed E-state index contributed by atoms with van der Waals surface area (Å²) in [6.07, 6.45) is 2.76. The standard InChI is InChI=1S/C27H37BrN2O4/c1-5-8-17-29-27(32)20(4)30(19-22-9-13-23(28)14-10-22)26(31)16-12-21-11-15-24(33-6-2)25(18-21)34-7-3/h9-11,13-15,18,20H,5-8,12,16-17,19H2,1-4H3,(H,29,32)/t20-/m0/s1. The van der Waals surface area contributed by atoms with Crippen LogP contribution in [0.1, 0.15) is 58.1 Å². The lowest BCUT2D eigenvalue weighted by molar-refractivity contribution is -0.140. The highest BCUT2D eigenvalue weighted by molar-refractivity contribution is 9.10. The average Bonchev–Trinajstić information content (AvgIpc) is 2.83. The van der Waals surface area contributed by atoms with Gasteiger partial charge in [0, 0.05) is 24.0 Å². The number of nitrogens with zero attached hydrogens (tertiary/aromatic N) is 1. The van der Waals surface area contributed by atoms with E-state index >= 15 is 0 Å². The van der Waals surface area contributed by atoms with Gasteiger partial charge in [0.15, 0.2) is 11.5 Å². The van der Waals surface area contributed by atoms with Crippen LogP contribution in [0.4, 0.5) is 0 Å². The molecule has 2 aromatic carbocycles. The number of nitrogens with one attached hydrogen (secondary N) is 1. The molecule has 1 N–H and O–H groups in total. The number of amides is 2. The van der Waals surface area contributed by atoms with Crippen LogP contribution in [0.15, 0.2) is 46.9 Å². The van der Waals surface area contributed by atoms with Crippen molar-refractivity contribution in [1.82, 2.24) is 10.2 Å². The van der Waals surface area contributed by atoms with Crippen molar-refractivity contribution in [3.05, 3.63) is 58.1 Å². The molecule has 1 atom stereocenters. The van der Waals surface area contributed by atoms with Gasteiger partial charge < -0.3 is 19.7 Å². The highest BCUT2D eigenvalue weighted by Crippen LogP contribution is 2.29. The lowest BCUT2D eigenvalue weighted by Gasteiger charge is -2.29. The minimum absolute atomic E-state index is 0.0621. The van der Waals surface area contributed by atoms with Gasteiger partial charge in [-0.25, -0.2) is 0 Å². The molecule has 0 fully saturated rings. The minimum atomic E-state index is -0.563. The topological polar surface area (TPSA) is 67.9 Å². The molecular weight excluding hydrogens is 496 g/mol. The second-order valence-corrected chi connectivity index (χ2v) is 9.03. The molecule has 6 nitrogen and oxygen atoms in total. The van der Waals surface area contributed by atoms with Crippen LogP contribution in [0.2, 0.25) is 0 Å². The van der Waals surface area contributed by atoms with E-state index in [4.69, 9.17) is 9.47 Å². The van der Waals surface area contributed by atoms with Gasteiger partial charge in [-0.1, -0.05) is 47.5 Å². The molecule has 0 spiro atoms. The van der Waals surface area contributed by atoms with Gasteiger partial charge in [-0.15, -0.1) is 0 Å². The number of hydrogen-bond donors (Lipinski definition) is 1. The zero-order valence-corrected chi connectivity index (χ0v) is 22.3. The molecule has 0 saturated carbocycles. The zero-order chi connectivity index (χ0) is 24.9. The lowest BCUT2D eigenvalue weighted by Crippen LogP contribution is -2.47. The molecule has 34 heavy (non-hydrogen) atoms. The Morgan fingerprint density at radius 2 is 1.62 bits per heavy atom. The summed E-state index contributed by atoms with van der Waals surface area (Å²) in [5.41, 5.74) is 1.97. The number of halogens is 1. The molecule has 0 radical (unpaired) electrons. The highest BCUT2D eigenvalue weighted by Gasteiger charge is 2.25. The largest absolute Gasteiger partial charge is 0.490 e. The first-order chi connectivity index (χ1) is 16.4. The smallest absolute Gasteiger partial charge is 0.242 e. The summed E-state index contributed by atoms with van der Waals surface area (Å²) in [7, 11) is 0. The van der Waals surface area contributed by atoms with Gasteiger partial charge in [0.05, 0.1) is 13.2 Å². The third-order valence-corrected chi connectivity index (χ3v) is 6.03. The summed E-state index contributed by atoms with van der Waals surface area (Å²) in [5, 5.41) is 2.96. The predicted octanol–water partition coefficient (Wildman–Crippen LogP) is 5.51. The Hall–Kier alpha value is -2.54. The maximum atomic E-state index is 13.3. The number of ether oxygens (including phenoxy) is 2. The Bertz CT molecular complexity index is 917. The molecule has 2 amide bonds. The van der Waals surface area contributed by atoms with Gasteiger partial charge in [0.2, 0.25) is 11.8 Å². The van der Waals surface area contributed by atoms with E-state index in [0.717, 1.165) is 28.4 Å². The molecule has 7 heteroatoms. The molecule has 0 aliphatic carbocycles. The van der Waals surface area contributed by atoms with Crippen molar-refractivity contribution in [2.75, 3.05) is 19.8 Å². The fourth-order valence-corrected chi connectivity index (χ4v) is 3.82. The van der Waals surface area contributed by atoms with Gasteiger partial charge in [-0.3, -0.25) is 9.59 Å². The number of hydrogen-bond acceptors (Lipinski definition) is 4. The maximum Gasteiger partial charge on any atom is 0.242 e. The summed E-state index contributed by atoms with van der Waals surface area (Å²) >= 11 is 3.45. The molecule has 2 aromatic rings. The first kappa shape index (κ1) is 27.7. The molecule has 0 aliphatic heterocycles. The van der Waals surface area contributed by atoms with Gasteiger partial charge in [0.25, 0.3) is 0 Å². The second-order valence-electron chi connectivity index (χ2n) is 8.12. The Kier molecular flexibility index (Phi) is 11.9. The van der Waals surface area contributed by atoms with Crippen molar-refractivity contribution in [2.24, 2.45) is 0 Å². The molecule has 0 bridgehead atoms. The van der Waals surface area contributed by atoms with Crippen LogP contribution >= 0.6 is 15.9 Å². The molecule has 0 saturated heterocycles. The minimum Gasteiger partial charge on any atom is -0.490 e. The number of unbranched alkanes of at least 4 members (excludes halogenated alkanes) is 1. The second kappa shape index (κ2) is 14.7. The lowest BCUT2D eigenvalue weighted by atomic mass is 10.1. The van der Waals surface area contributed by atoms with Crippen molar-refractivity contribution in [3.63, 3.8) is 0 Å². The van der Waals surface area contributed by atoms with E-state index in [0.29, 0.717) is 50.6 Å². The van der Waals surface area contributed by atoms with Crippen LogP contribution in [0, 0.1) is 0 Å².